The summed E-state index contributed by atoms with van der Waals surface area (Å²) in [6, 6.07) is 10.8. The molecule has 1 aromatic carbocycles. The van der Waals surface area contributed by atoms with E-state index in [2.05, 4.69) is 15.5 Å². The molecule has 2 N–H and O–H groups in total. The Kier molecular flexibility index (Phi) is 4.65. The first kappa shape index (κ1) is 16.5. The minimum Gasteiger partial charge on any atom is -0.461 e. The van der Waals surface area contributed by atoms with E-state index in [4.69, 9.17) is 9.26 Å². The zero-order chi connectivity index (χ0) is 17.8. The Morgan fingerprint density at radius 2 is 2.04 bits per heavy atom. The number of aromatic nitrogens is 2. The molecule has 128 valence electrons. The maximum Gasteiger partial charge on any atom is 0.354 e. The summed E-state index contributed by atoms with van der Waals surface area (Å²) in [6.07, 6.45) is 1.52. The maximum atomic E-state index is 12.7. The van der Waals surface area contributed by atoms with Crippen LogP contribution in [0.3, 0.4) is 0 Å². The van der Waals surface area contributed by atoms with Gasteiger partial charge >= 0.3 is 5.97 Å². The standard InChI is InChI=1S/C18H17N3O4/c1-3-24-18(23)14-9-13(10-19-14)20-17(22)15-11(2)21-25-16(15)12-7-5-4-6-8-12/h4-10,19H,3H2,1-2H3,(H,20,22). The molecule has 0 bridgehead atoms. The topological polar surface area (TPSA) is 97.2 Å². The third-order valence-electron chi connectivity index (χ3n) is 3.56. The lowest BCUT2D eigenvalue weighted by Gasteiger charge is -2.03. The van der Waals surface area contributed by atoms with Gasteiger partial charge in [-0.2, -0.15) is 0 Å². The van der Waals surface area contributed by atoms with E-state index in [1.54, 1.807) is 13.8 Å². The van der Waals surface area contributed by atoms with Gasteiger partial charge in [-0.3, -0.25) is 4.79 Å². The largest absolute Gasteiger partial charge is 0.461 e. The molecule has 0 radical (unpaired) electrons. The highest BCUT2D eigenvalue weighted by molar-refractivity contribution is 6.09. The maximum absolute atomic E-state index is 12.7. The van der Waals surface area contributed by atoms with Gasteiger partial charge in [0.25, 0.3) is 5.91 Å². The molecule has 7 nitrogen and oxygen atoms in total. The minimum atomic E-state index is -0.478. The number of nitrogens with one attached hydrogen (secondary N) is 2. The number of aromatic amines is 1. The fraction of sp³-hybridized carbons (Fsp3) is 0.167. The Balaban J connectivity index is 1.83. The van der Waals surface area contributed by atoms with Crippen LogP contribution < -0.4 is 5.32 Å². The number of carbonyl (C=O) groups is 2. The first-order valence-electron chi connectivity index (χ1n) is 7.78. The normalized spacial score (nSPS) is 10.5. The van der Waals surface area contributed by atoms with Crippen LogP contribution in [0.2, 0.25) is 0 Å². The van der Waals surface area contributed by atoms with Crippen molar-refractivity contribution in [1.82, 2.24) is 10.1 Å². The first-order valence-corrected chi connectivity index (χ1v) is 7.78. The van der Waals surface area contributed by atoms with Crippen molar-refractivity contribution >= 4 is 17.6 Å². The van der Waals surface area contributed by atoms with E-state index in [9.17, 15) is 9.59 Å². The molecule has 0 spiro atoms. The van der Waals surface area contributed by atoms with E-state index >= 15 is 0 Å². The second-order valence-corrected chi connectivity index (χ2v) is 5.31. The zero-order valence-electron chi connectivity index (χ0n) is 13.8. The highest BCUT2D eigenvalue weighted by Crippen LogP contribution is 2.27. The molecule has 0 unspecified atom stereocenters. The molecule has 0 aliphatic heterocycles. The van der Waals surface area contributed by atoms with Crippen molar-refractivity contribution in [2.75, 3.05) is 11.9 Å². The molecule has 25 heavy (non-hydrogen) atoms. The first-order chi connectivity index (χ1) is 12.1. The van der Waals surface area contributed by atoms with E-state index in [-0.39, 0.29) is 18.2 Å². The molecule has 0 aliphatic carbocycles. The Bertz CT molecular complexity index is 896. The van der Waals surface area contributed by atoms with Gasteiger partial charge in [-0.1, -0.05) is 35.5 Å². The molecule has 0 saturated carbocycles. The molecule has 2 heterocycles. The van der Waals surface area contributed by atoms with Gasteiger partial charge in [0.1, 0.15) is 11.3 Å². The van der Waals surface area contributed by atoms with Gasteiger partial charge in [0.05, 0.1) is 18.0 Å². The molecule has 3 aromatic rings. The van der Waals surface area contributed by atoms with Crippen LogP contribution in [0.5, 0.6) is 0 Å². The number of hydrogen-bond donors (Lipinski definition) is 2. The van der Waals surface area contributed by atoms with Crippen LogP contribution in [0, 0.1) is 6.92 Å². The summed E-state index contributed by atoms with van der Waals surface area (Å²) in [5.41, 5.74) is 2.31. The number of H-pyrrole nitrogens is 1. The number of esters is 1. The van der Waals surface area contributed by atoms with Crippen LogP contribution in [-0.4, -0.2) is 28.6 Å². The summed E-state index contributed by atoms with van der Waals surface area (Å²) < 4.78 is 10.2. The van der Waals surface area contributed by atoms with Crippen molar-refractivity contribution in [2.45, 2.75) is 13.8 Å². The fourth-order valence-electron chi connectivity index (χ4n) is 2.41. The van der Waals surface area contributed by atoms with E-state index in [1.165, 1.54) is 12.3 Å². The zero-order valence-corrected chi connectivity index (χ0v) is 13.8. The van der Waals surface area contributed by atoms with Crippen molar-refractivity contribution in [3.8, 4) is 11.3 Å². The van der Waals surface area contributed by atoms with Gasteiger partial charge in [0.2, 0.25) is 0 Å². The van der Waals surface area contributed by atoms with Gasteiger partial charge in [0, 0.05) is 11.8 Å². The number of ether oxygens (including phenoxy) is 1. The predicted molar refractivity (Wildman–Crippen MR) is 91.4 cm³/mol. The van der Waals surface area contributed by atoms with Gasteiger partial charge in [-0.05, 0) is 19.9 Å². The molecular formula is C18H17N3O4. The van der Waals surface area contributed by atoms with Gasteiger partial charge < -0.3 is 19.6 Å². The van der Waals surface area contributed by atoms with Crippen molar-refractivity contribution in [2.24, 2.45) is 0 Å². The van der Waals surface area contributed by atoms with Crippen LogP contribution in [0.1, 0.15) is 33.5 Å². The second-order valence-electron chi connectivity index (χ2n) is 5.31. The number of carbonyl (C=O) groups excluding carboxylic acids is 2. The Labute approximate surface area is 144 Å². The lowest BCUT2D eigenvalue weighted by molar-refractivity contribution is 0.0520. The SMILES string of the molecule is CCOC(=O)c1cc(NC(=O)c2c(C)noc2-c2ccccc2)c[nH]1. The van der Waals surface area contributed by atoms with E-state index in [1.807, 2.05) is 30.3 Å². The molecule has 2 aromatic heterocycles. The summed E-state index contributed by atoms with van der Waals surface area (Å²) in [4.78, 5) is 27.1. The fourth-order valence-corrected chi connectivity index (χ4v) is 2.41. The average Bonchev–Trinajstić information content (AvgIpc) is 3.22. The molecule has 1 amide bonds. The second kappa shape index (κ2) is 7.04. The van der Waals surface area contributed by atoms with Gasteiger partial charge in [-0.25, -0.2) is 4.79 Å². The number of rotatable bonds is 5. The molecule has 7 heteroatoms. The highest BCUT2D eigenvalue weighted by Gasteiger charge is 2.22. The Hall–Kier alpha value is -3.35. The summed E-state index contributed by atoms with van der Waals surface area (Å²) in [5.74, 6) is -0.446. The van der Waals surface area contributed by atoms with Crippen LogP contribution in [0.4, 0.5) is 5.69 Å². The molecule has 0 aliphatic rings. The van der Waals surface area contributed by atoms with Crippen LogP contribution in [-0.2, 0) is 4.74 Å². The highest BCUT2D eigenvalue weighted by atomic mass is 16.5. The molecule has 0 atom stereocenters. The lowest BCUT2D eigenvalue weighted by Crippen LogP contribution is -2.13. The summed E-state index contributed by atoms with van der Waals surface area (Å²) >= 11 is 0. The monoisotopic (exact) mass is 339 g/mol. The van der Waals surface area contributed by atoms with Crippen molar-refractivity contribution in [3.63, 3.8) is 0 Å². The van der Waals surface area contributed by atoms with Crippen molar-refractivity contribution in [3.05, 3.63) is 59.5 Å². The number of hydrogen-bond acceptors (Lipinski definition) is 5. The van der Waals surface area contributed by atoms with E-state index in [0.29, 0.717) is 22.7 Å². The van der Waals surface area contributed by atoms with Gasteiger partial charge in [0.15, 0.2) is 5.76 Å². The molecule has 0 fully saturated rings. The number of nitrogens with zero attached hydrogens (tertiary/aromatic N) is 1. The third kappa shape index (κ3) is 3.45. The lowest BCUT2D eigenvalue weighted by atomic mass is 10.1. The number of amides is 1. The quantitative estimate of drug-likeness (QED) is 0.694. The number of aryl methyl sites for hydroxylation is 1. The minimum absolute atomic E-state index is 0.266. The van der Waals surface area contributed by atoms with Gasteiger partial charge in [-0.15, -0.1) is 0 Å². The van der Waals surface area contributed by atoms with Crippen LogP contribution in [0.15, 0.2) is 47.1 Å². The number of anilines is 1. The third-order valence-corrected chi connectivity index (χ3v) is 3.56. The summed E-state index contributed by atoms with van der Waals surface area (Å²) in [7, 11) is 0. The average molecular weight is 339 g/mol. The van der Waals surface area contributed by atoms with Crippen molar-refractivity contribution < 1.29 is 18.8 Å². The Morgan fingerprint density at radius 3 is 2.76 bits per heavy atom. The Morgan fingerprint density at radius 1 is 1.28 bits per heavy atom. The van der Waals surface area contributed by atoms with E-state index in [0.717, 1.165) is 5.56 Å². The van der Waals surface area contributed by atoms with Crippen LogP contribution in [0.25, 0.3) is 11.3 Å². The summed E-state index contributed by atoms with van der Waals surface area (Å²) in [5, 5.41) is 6.63. The van der Waals surface area contributed by atoms with Crippen LogP contribution >= 0.6 is 0 Å². The smallest absolute Gasteiger partial charge is 0.354 e. The number of benzene rings is 1. The van der Waals surface area contributed by atoms with E-state index < -0.39 is 5.97 Å². The molecule has 0 saturated heterocycles. The predicted octanol–water partition coefficient (Wildman–Crippen LogP) is 3.41. The molecular weight excluding hydrogens is 322 g/mol. The molecule has 3 rings (SSSR count). The van der Waals surface area contributed by atoms with Crippen molar-refractivity contribution in [1.29, 1.82) is 0 Å². The summed E-state index contributed by atoms with van der Waals surface area (Å²) in [6.45, 7) is 3.70.